The van der Waals surface area contributed by atoms with Gasteiger partial charge in [0.25, 0.3) is 0 Å². The van der Waals surface area contributed by atoms with Gasteiger partial charge in [0.15, 0.2) is 0 Å². The van der Waals surface area contributed by atoms with E-state index in [4.69, 9.17) is 11.6 Å². The Bertz CT molecular complexity index is 937. The lowest BCUT2D eigenvalue weighted by Crippen LogP contribution is -2.15. The molecule has 1 heterocycles. The fourth-order valence-electron chi connectivity index (χ4n) is 3.66. The Hall–Kier alpha value is -2.32. The highest BCUT2D eigenvalue weighted by atomic mass is 35.5. The van der Waals surface area contributed by atoms with Gasteiger partial charge in [0.2, 0.25) is 5.91 Å². The number of rotatable bonds is 6. The quantitative estimate of drug-likeness (QED) is 0.459. The lowest BCUT2D eigenvalue weighted by atomic mass is 10.0. The van der Waals surface area contributed by atoms with Gasteiger partial charge in [-0.25, -0.2) is 0 Å². The van der Waals surface area contributed by atoms with E-state index in [2.05, 4.69) is 37.3 Å². The number of aromatic nitrogens is 1. The van der Waals surface area contributed by atoms with E-state index in [0.29, 0.717) is 17.4 Å². The van der Waals surface area contributed by atoms with E-state index in [1.54, 1.807) is 0 Å². The summed E-state index contributed by atoms with van der Waals surface area (Å²) >= 11 is 6.09. The summed E-state index contributed by atoms with van der Waals surface area (Å²) in [5.41, 5.74) is 5.51. The molecule has 0 N–H and O–H groups in total. The predicted molar refractivity (Wildman–Crippen MR) is 112 cm³/mol. The fraction of sp³-hybridized carbons (Fsp3) is 0.292. The highest BCUT2D eigenvalue weighted by molar-refractivity contribution is 6.30. The van der Waals surface area contributed by atoms with Crippen molar-refractivity contribution < 1.29 is 4.79 Å². The Balaban J connectivity index is 1.92. The van der Waals surface area contributed by atoms with E-state index in [0.717, 1.165) is 29.8 Å². The maximum atomic E-state index is 13.1. The third-order valence-electron chi connectivity index (χ3n) is 5.22. The van der Waals surface area contributed by atoms with Gasteiger partial charge in [0, 0.05) is 22.7 Å². The normalized spacial score (nSPS) is 13.7. The minimum atomic E-state index is 0.181. The first kappa shape index (κ1) is 18.1. The van der Waals surface area contributed by atoms with Gasteiger partial charge in [-0.1, -0.05) is 61.0 Å². The Morgan fingerprint density at radius 3 is 2.37 bits per heavy atom. The molecule has 1 aliphatic carbocycles. The van der Waals surface area contributed by atoms with Crippen LogP contribution in [0.5, 0.6) is 0 Å². The lowest BCUT2D eigenvalue weighted by molar-refractivity contribution is 0.0901. The minimum Gasteiger partial charge on any atom is -0.284 e. The standard InChI is InChI=1S/C24H24ClNO/c1-2-6-24(27)26-22(19-11-13-20(25)14-12-19)16-21(18-7-4-3-5-8-18)23(26)15-17-9-10-17/h3-5,7-8,11-14,16-17H,2,6,9-10,15H2,1H3. The molecule has 1 fully saturated rings. The lowest BCUT2D eigenvalue weighted by Gasteiger charge is -2.13. The first-order valence-corrected chi connectivity index (χ1v) is 10.1. The molecule has 3 heteroatoms. The molecule has 1 saturated carbocycles. The van der Waals surface area contributed by atoms with Crippen LogP contribution in [-0.2, 0) is 6.42 Å². The van der Waals surface area contributed by atoms with E-state index < -0.39 is 0 Å². The van der Waals surface area contributed by atoms with E-state index in [9.17, 15) is 4.79 Å². The van der Waals surface area contributed by atoms with Crippen LogP contribution in [0.4, 0.5) is 0 Å². The number of carbonyl (C=O) groups is 1. The van der Waals surface area contributed by atoms with Crippen molar-refractivity contribution in [1.29, 1.82) is 0 Å². The molecule has 1 aliphatic rings. The van der Waals surface area contributed by atoms with Crippen molar-refractivity contribution >= 4 is 17.5 Å². The molecule has 4 rings (SSSR count). The van der Waals surface area contributed by atoms with Crippen LogP contribution in [0.15, 0.2) is 60.7 Å². The molecular formula is C24H24ClNO. The number of hydrogen-bond acceptors (Lipinski definition) is 1. The predicted octanol–water partition coefficient (Wildman–Crippen LogP) is 6.87. The average Bonchev–Trinajstić information content (AvgIpc) is 3.42. The Morgan fingerprint density at radius 2 is 1.74 bits per heavy atom. The van der Waals surface area contributed by atoms with Crippen LogP contribution in [0.1, 0.15) is 43.1 Å². The second-order valence-electron chi connectivity index (χ2n) is 7.39. The summed E-state index contributed by atoms with van der Waals surface area (Å²) in [6.07, 6.45) is 4.89. The number of hydrogen-bond donors (Lipinski definition) is 0. The Kier molecular flexibility index (Phi) is 5.18. The largest absolute Gasteiger partial charge is 0.284 e. The second kappa shape index (κ2) is 7.74. The zero-order valence-electron chi connectivity index (χ0n) is 15.6. The van der Waals surface area contributed by atoms with Crippen molar-refractivity contribution in [3.05, 3.63) is 71.4 Å². The van der Waals surface area contributed by atoms with Gasteiger partial charge in [-0.05, 0) is 60.9 Å². The molecular weight excluding hydrogens is 354 g/mol. The highest BCUT2D eigenvalue weighted by Gasteiger charge is 2.28. The van der Waals surface area contributed by atoms with Gasteiger partial charge >= 0.3 is 0 Å². The van der Waals surface area contributed by atoms with Crippen LogP contribution >= 0.6 is 11.6 Å². The Labute approximate surface area is 165 Å². The maximum Gasteiger partial charge on any atom is 0.231 e. The van der Waals surface area contributed by atoms with Crippen LogP contribution in [0.2, 0.25) is 5.02 Å². The molecule has 2 nitrogen and oxygen atoms in total. The monoisotopic (exact) mass is 377 g/mol. The molecule has 27 heavy (non-hydrogen) atoms. The summed E-state index contributed by atoms with van der Waals surface area (Å²) < 4.78 is 1.98. The SMILES string of the molecule is CCCC(=O)n1c(-c2ccc(Cl)cc2)cc(-c2ccccc2)c1CC1CC1. The number of carbonyl (C=O) groups excluding carboxylic acids is 1. The van der Waals surface area contributed by atoms with Gasteiger partial charge in [0.1, 0.15) is 0 Å². The van der Waals surface area contributed by atoms with Crippen LogP contribution in [0.25, 0.3) is 22.4 Å². The summed E-state index contributed by atoms with van der Waals surface area (Å²) in [5.74, 6) is 0.883. The number of benzene rings is 2. The molecule has 3 aromatic rings. The van der Waals surface area contributed by atoms with Crippen molar-refractivity contribution in [1.82, 2.24) is 4.57 Å². The molecule has 0 unspecified atom stereocenters. The molecule has 0 spiro atoms. The van der Waals surface area contributed by atoms with Crippen LogP contribution in [0, 0.1) is 5.92 Å². The fourth-order valence-corrected chi connectivity index (χ4v) is 3.78. The molecule has 0 amide bonds. The summed E-state index contributed by atoms with van der Waals surface area (Å²) in [4.78, 5) is 13.1. The molecule has 0 aliphatic heterocycles. The Morgan fingerprint density at radius 1 is 1.04 bits per heavy atom. The minimum absolute atomic E-state index is 0.181. The van der Waals surface area contributed by atoms with Gasteiger partial charge in [-0.2, -0.15) is 0 Å². The molecule has 0 saturated heterocycles. The van der Waals surface area contributed by atoms with E-state index in [1.807, 2.05) is 34.9 Å². The molecule has 0 atom stereocenters. The van der Waals surface area contributed by atoms with Crippen LogP contribution in [0.3, 0.4) is 0 Å². The first-order chi connectivity index (χ1) is 13.2. The topological polar surface area (TPSA) is 22.0 Å². The highest BCUT2D eigenvalue weighted by Crippen LogP contribution is 2.39. The molecule has 0 radical (unpaired) electrons. The van der Waals surface area contributed by atoms with E-state index in [-0.39, 0.29) is 5.91 Å². The van der Waals surface area contributed by atoms with Crippen molar-refractivity contribution in [3.63, 3.8) is 0 Å². The van der Waals surface area contributed by atoms with E-state index in [1.165, 1.54) is 24.0 Å². The average molecular weight is 378 g/mol. The maximum absolute atomic E-state index is 13.1. The van der Waals surface area contributed by atoms with Crippen LogP contribution < -0.4 is 0 Å². The second-order valence-corrected chi connectivity index (χ2v) is 7.83. The summed E-state index contributed by atoms with van der Waals surface area (Å²) in [7, 11) is 0. The van der Waals surface area contributed by atoms with E-state index >= 15 is 0 Å². The number of nitrogens with zero attached hydrogens (tertiary/aromatic N) is 1. The van der Waals surface area contributed by atoms with Gasteiger partial charge in [0.05, 0.1) is 5.69 Å². The smallest absolute Gasteiger partial charge is 0.231 e. The summed E-state index contributed by atoms with van der Waals surface area (Å²) in [5, 5.41) is 0.707. The zero-order valence-corrected chi connectivity index (χ0v) is 16.4. The van der Waals surface area contributed by atoms with Gasteiger partial charge < -0.3 is 0 Å². The van der Waals surface area contributed by atoms with Gasteiger partial charge in [-0.3, -0.25) is 9.36 Å². The first-order valence-electron chi connectivity index (χ1n) is 9.76. The molecule has 1 aromatic heterocycles. The molecule has 0 bridgehead atoms. The van der Waals surface area contributed by atoms with Crippen molar-refractivity contribution in [2.75, 3.05) is 0 Å². The van der Waals surface area contributed by atoms with Gasteiger partial charge in [-0.15, -0.1) is 0 Å². The molecule has 138 valence electrons. The summed E-state index contributed by atoms with van der Waals surface area (Å²) in [6.45, 7) is 2.06. The third kappa shape index (κ3) is 3.86. The zero-order chi connectivity index (χ0) is 18.8. The van der Waals surface area contributed by atoms with Crippen molar-refractivity contribution in [2.24, 2.45) is 5.92 Å². The van der Waals surface area contributed by atoms with Crippen molar-refractivity contribution in [3.8, 4) is 22.4 Å². The number of halogens is 1. The van der Waals surface area contributed by atoms with Crippen LogP contribution in [-0.4, -0.2) is 10.5 Å². The molecule has 2 aromatic carbocycles. The van der Waals surface area contributed by atoms with Crippen molar-refractivity contribution in [2.45, 2.75) is 39.0 Å². The third-order valence-corrected chi connectivity index (χ3v) is 5.47. The summed E-state index contributed by atoms with van der Waals surface area (Å²) in [6, 6.07) is 20.4.